The topological polar surface area (TPSA) is 49.8 Å². The summed E-state index contributed by atoms with van der Waals surface area (Å²) in [5.74, 6) is 0.231. The minimum absolute atomic E-state index is 0.231. The molecule has 1 saturated heterocycles. The van der Waals surface area contributed by atoms with Gasteiger partial charge in [-0.1, -0.05) is 0 Å². The highest BCUT2D eigenvalue weighted by atomic mass is 16.5. The van der Waals surface area contributed by atoms with E-state index in [1.54, 1.807) is 11.8 Å². The van der Waals surface area contributed by atoms with Crippen LogP contribution in [0.1, 0.15) is 6.92 Å². The van der Waals surface area contributed by atoms with Crippen LogP contribution in [0.5, 0.6) is 0 Å². The van der Waals surface area contributed by atoms with Crippen LogP contribution in [0.25, 0.3) is 0 Å². The Labute approximate surface area is 65.8 Å². The second-order valence-corrected chi connectivity index (χ2v) is 2.88. The predicted molar refractivity (Wildman–Crippen MR) is 39.1 cm³/mol. The zero-order valence-electron chi connectivity index (χ0n) is 6.78. The first kappa shape index (κ1) is 8.33. The monoisotopic (exact) mass is 159 g/mol. The van der Waals surface area contributed by atoms with Crippen molar-refractivity contribution in [2.24, 2.45) is 5.92 Å². The summed E-state index contributed by atoms with van der Waals surface area (Å²) in [6, 6.07) is 0. The molecule has 0 aromatic carbocycles. The van der Waals surface area contributed by atoms with Crippen LogP contribution in [0.15, 0.2) is 0 Å². The molecule has 0 bridgehead atoms. The molecule has 0 spiro atoms. The van der Waals surface area contributed by atoms with Crippen molar-refractivity contribution in [1.29, 1.82) is 0 Å². The number of amides is 1. The summed E-state index contributed by atoms with van der Waals surface area (Å²) in [7, 11) is 1.36. The zero-order chi connectivity index (χ0) is 8.43. The third-order valence-corrected chi connectivity index (χ3v) is 2.02. The maximum atomic E-state index is 10.8. The van der Waals surface area contributed by atoms with E-state index in [0.717, 1.165) is 0 Å². The van der Waals surface area contributed by atoms with Gasteiger partial charge in [-0.15, -0.1) is 0 Å². The maximum Gasteiger partial charge on any atom is 0.409 e. The van der Waals surface area contributed by atoms with Gasteiger partial charge in [0.15, 0.2) is 0 Å². The van der Waals surface area contributed by atoms with Crippen molar-refractivity contribution in [2.75, 3.05) is 20.2 Å². The number of hydrogen-bond donors (Lipinski definition) is 1. The molecule has 4 nitrogen and oxygen atoms in total. The van der Waals surface area contributed by atoms with E-state index in [9.17, 15) is 4.79 Å². The highest BCUT2D eigenvalue weighted by molar-refractivity contribution is 5.68. The molecule has 0 saturated carbocycles. The molecule has 0 aromatic rings. The number of hydrogen-bond acceptors (Lipinski definition) is 3. The fraction of sp³-hybridized carbons (Fsp3) is 0.857. The average molecular weight is 159 g/mol. The number of aliphatic hydroxyl groups is 1. The molecule has 1 fully saturated rings. The van der Waals surface area contributed by atoms with Gasteiger partial charge in [0.1, 0.15) is 0 Å². The highest BCUT2D eigenvalue weighted by Crippen LogP contribution is 2.19. The number of methoxy groups -OCH3 is 1. The number of nitrogens with zero attached hydrogens (tertiary/aromatic N) is 1. The molecule has 11 heavy (non-hydrogen) atoms. The standard InChI is InChI=1S/C7H13NO3/c1-5(9)6-3-8(4-6)7(10)11-2/h5-6,9H,3-4H2,1-2H3. The second kappa shape index (κ2) is 3.09. The molecule has 64 valence electrons. The summed E-state index contributed by atoms with van der Waals surface area (Å²) >= 11 is 0. The minimum Gasteiger partial charge on any atom is -0.453 e. The van der Waals surface area contributed by atoms with Gasteiger partial charge < -0.3 is 14.7 Å². The van der Waals surface area contributed by atoms with Crippen LogP contribution < -0.4 is 0 Å². The van der Waals surface area contributed by atoms with E-state index >= 15 is 0 Å². The van der Waals surface area contributed by atoms with Crippen LogP contribution in [0.2, 0.25) is 0 Å². The van der Waals surface area contributed by atoms with E-state index in [0.29, 0.717) is 13.1 Å². The van der Waals surface area contributed by atoms with Gasteiger partial charge in [-0.05, 0) is 6.92 Å². The van der Waals surface area contributed by atoms with Crippen LogP contribution in [0, 0.1) is 5.92 Å². The Bertz CT molecular complexity index is 152. The van der Waals surface area contributed by atoms with Crippen molar-refractivity contribution in [3.63, 3.8) is 0 Å². The van der Waals surface area contributed by atoms with E-state index < -0.39 is 0 Å². The lowest BCUT2D eigenvalue weighted by Crippen LogP contribution is -2.53. The third-order valence-electron chi connectivity index (χ3n) is 2.02. The van der Waals surface area contributed by atoms with Gasteiger partial charge in [0.05, 0.1) is 13.2 Å². The molecular formula is C7H13NO3. The molecule has 1 amide bonds. The van der Waals surface area contributed by atoms with E-state index in [1.807, 2.05) is 0 Å². The van der Waals surface area contributed by atoms with Crippen molar-refractivity contribution >= 4 is 6.09 Å². The van der Waals surface area contributed by atoms with E-state index in [1.165, 1.54) is 7.11 Å². The number of carbonyl (C=O) groups is 1. The molecular weight excluding hydrogens is 146 g/mol. The quantitative estimate of drug-likeness (QED) is 0.588. The molecule has 0 radical (unpaired) electrons. The first-order valence-electron chi connectivity index (χ1n) is 3.66. The van der Waals surface area contributed by atoms with Gasteiger partial charge in [-0.25, -0.2) is 4.79 Å². The Hall–Kier alpha value is -0.770. The summed E-state index contributed by atoms with van der Waals surface area (Å²) in [6.45, 7) is 2.97. The fourth-order valence-corrected chi connectivity index (χ4v) is 1.10. The molecule has 1 unspecified atom stereocenters. The first-order valence-corrected chi connectivity index (χ1v) is 3.66. The Morgan fingerprint density at radius 3 is 2.64 bits per heavy atom. The second-order valence-electron chi connectivity index (χ2n) is 2.88. The molecule has 4 heteroatoms. The van der Waals surface area contributed by atoms with Crippen LogP contribution >= 0.6 is 0 Å². The number of ether oxygens (including phenoxy) is 1. The van der Waals surface area contributed by atoms with Crippen molar-refractivity contribution in [2.45, 2.75) is 13.0 Å². The molecule has 0 aromatic heterocycles. The zero-order valence-corrected chi connectivity index (χ0v) is 6.78. The summed E-state index contributed by atoms with van der Waals surface area (Å²) < 4.78 is 4.49. The first-order chi connectivity index (χ1) is 5.15. The number of likely N-dealkylation sites (tertiary alicyclic amines) is 1. The Kier molecular flexibility index (Phi) is 2.34. The summed E-state index contributed by atoms with van der Waals surface area (Å²) in [5.41, 5.74) is 0. The van der Waals surface area contributed by atoms with Gasteiger partial charge in [-0.2, -0.15) is 0 Å². The molecule has 1 aliphatic heterocycles. The van der Waals surface area contributed by atoms with Crippen LogP contribution in [-0.2, 0) is 4.74 Å². The molecule has 1 aliphatic rings. The van der Waals surface area contributed by atoms with Gasteiger partial charge in [0, 0.05) is 19.0 Å². The predicted octanol–water partition coefficient (Wildman–Crippen LogP) is 0.0654. The minimum atomic E-state index is -0.323. The van der Waals surface area contributed by atoms with E-state index in [2.05, 4.69) is 4.74 Å². The average Bonchev–Trinajstić information content (AvgIpc) is 1.83. The van der Waals surface area contributed by atoms with Gasteiger partial charge >= 0.3 is 6.09 Å². The Morgan fingerprint density at radius 2 is 2.27 bits per heavy atom. The van der Waals surface area contributed by atoms with E-state index in [4.69, 9.17) is 5.11 Å². The Balaban J connectivity index is 2.24. The molecule has 1 N–H and O–H groups in total. The highest BCUT2D eigenvalue weighted by Gasteiger charge is 2.33. The van der Waals surface area contributed by atoms with Crippen molar-refractivity contribution < 1.29 is 14.6 Å². The van der Waals surface area contributed by atoms with Crippen LogP contribution in [-0.4, -0.2) is 42.4 Å². The maximum absolute atomic E-state index is 10.8. The largest absolute Gasteiger partial charge is 0.453 e. The summed E-state index contributed by atoms with van der Waals surface area (Å²) in [5, 5.41) is 9.07. The third kappa shape index (κ3) is 1.63. The Morgan fingerprint density at radius 1 is 1.73 bits per heavy atom. The van der Waals surface area contributed by atoms with Crippen LogP contribution in [0.4, 0.5) is 4.79 Å². The fourth-order valence-electron chi connectivity index (χ4n) is 1.10. The van der Waals surface area contributed by atoms with Crippen LogP contribution in [0.3, 0.4) is 0 Å². The lowest BCUT2D eigenvalue weighted by atomic mass is 9.95. The van der Waals surface area contributed by atoms with Gasteiger partial charge in [0.25, 0.3) is 0 Å². The SMILES string of the molecule is COC(=O)N1CC(C(C)O)C1. The van der Waals surface area contributed by atoms with Crippen molar-refractivity contribution in [3.05, 3.63) is 0 Å². The number of rotatable bonds is 1. The number of aliphatic hydroxyl groups excluding tert-OH is 1. The van der Waals surface area contributed by atoms with Crippen molar-refractivity contribution in [3.8, 4) is 0 Å². The van der Waals surface area contributed by atoms with Crippen molar-refractivity contribution in [1.82, 2.24) is 4.90 Å². The van der Waals surface area contributed by atoms with E-state index in [-0.39, 0.29) is 18.1 Å². The molecule has 1 atom stereocenters. The molecule has 1 heterocycles. The summed E-state index contributed by atoms with van der Waals surface area (Å²) in [4.78, 5) is 12.4. The molecule has 1 rings (SSSR count). The normalized spacial score (nSPS) is 20.8. The lowest BCUT2D eigenvalue weighted by Gasteiger charge is -2.39. The molecule has 0 aliphatic carbocycles. The van der Waals surface area contributed by atoms with Gasteiger partial charge in [-0.3, -0.25) is 0 Å². The lowest BCUT2D eigenvalue weighted by molar-refractivity contribution is 0.00743. The van der Waals surface area contributed by atoms with Gasteiger partial charge in [0.2, 0.25) is 0 Å². The smallest absolute Gasteiger partial charge is 0.409 e. The summed E-state index contributed by atoms with van der Waals surface area (Å²) in [6.07, 6.45) is -0.627. The number of carbonyl (C=O) groups excluding carboxylic acids is 1.